The Hall–Kier alpha value is -3.11. The summed E-state index contributed by atoms with van der Waals surface area (Å²) < 4.78 is 0. The molecule has 3 rings (SSSR count). The van der Waals surface area contributed by atoms with Crippen LogP contribution in [0.2, 0.25) is 0 Å². The van der Waals surface area contributed by atoms with Crippen molar-refractivity contribution in [2.24, 2.45) is 0 Å². The number of nitrogens with one attached hydrogen (secondary N) is 2. The summed E-state index contributed by atoms with van der Waals surface area (Å²) in [6.45, 7) is 0. The molecule has 2 aromatic rings. The van der Waals surface area contributed by atoms with Gasteiger partial charge in [-0.25, -0.2) is 4.98 Å². The first-order chi connectivity index (χ1) is 17.9. The molecule has 1 aromatic carbocycles. The van der Waals surface area contributed by atoms with Crippen LogP contribution in [0, 0.1) is 0 Å². The van der Waals surface area contributed by atoms with Gasteiger partial charge < -0.3 is 20.7 Å². The van der Waals surface area contributed by atoms with Gasteiger partial charge in [0.25, 0.3) is 5.91 Å². The number of carbonyl (C=O) groups excluding carboxylic acids is 3. The smallest absolute Gasteiger partial charge is 0.426 e. The summed E-state index contributed by atoms with van der Waals surface area (Å²) in [5.74, 6) is -2.21. The Bertz CT molecular complexity index is 1020. The summed E-state index contributed by atoms with van der Waals surface area (Å²) in [6.07, 6.45) is 12.5. The Morgan fingerprint density at radius 3 is 2.24 bits per heavy atom. The number of ketones is 1. The van der Waals surface area contributed by atoms with Crippen LogP contribution in [0.3, 0.4) is 0 Å². The fourth-order valence-electron chi connectivity index (χ4n) is 4.49. The summed E-state index contributed by atoms with van der Waals surface area (Å²) >= 11 is 0. The van der Waals surface area contributed by atoms with Crippen LogP contribution in [0.15, 0.2) is 42.7 Å². The van der Waals surface area contributed by atoms with Crippen molar-refractivity contribution in [2.75, 3.05) is 0 Å². The Balaban J connectivity index is 1.74. The molecule has 9 nitrogen and oxygen atoms in total. The van der Waals surface area contributed by atoms with Crippen LogP contribution in [0.5, 0.6) is 0 Å². The molecule has 0 radical (unpaired) electrons. The zero-order valence-corrected chi connectivity index (χ0v) is 21.3. The van der Waals surface area contributed by atoms with Crippen molar-refractivity contribution in [1.29, 1.82) is 0 Å². The lowest BCUT2D eigenvalue weighted by Gasteiger charge is -2.23. The van der Waals surface area contributed by atoms with Gasteiger partial charge in [0, 0.05) is 6.42 Å². The predicted molar refractivity (Wildman–Crippen MR) is 141 cm³/mol. The van der Waals surface area contributed by atoms with Gasteiger partial charge in [0.15, 0.2) is 5.78 Å². The lowest BCUT2D eigenvalue weighted by molar-refractivity contribution is -0.123. The van der Waals surface area contributed by atoms with E-state index in [1.807, 2.05) is 30.3 Å². The second kappa shape index (κ2) is 15.2. The molecule has 2 heterocycles. The maximum absolute atomic E-state index is 13.2. The third-order valence-electron chi connectivity index (χ3n) is 6.66. The summed E-state index contributed by atoms with van der Waals surface area (Å²) in [7, 11) is -1.77. The normalized spacial score (nSPS) is 19.1. The molecular weight excluding hydrogens is 471 g/mol. The molecule has 1 aromatic heterocycles. The predicted octanol–water partition coefficient (Wildman–Crippen LogP) is 2.80. The molecule has 2 bridgehead atoms. The topological polar surface area (TPSA) is 142 Å². The molecule has 0 spiro atoms. The number of aromatic nitrogens is 2. The number of fused-ring (bicyclic) bond motifs is 2. The molecule has 1 aliphatic rings. The van der Waals surface area contributed by atoms with Gasteiger partial charge in [-0.3, -0.25) is 19.4 Å². The monoisotopic (exact) mass is 508 g/mol. The summed E-state index contributed by atoms with van der Waals surface area (Å²) in [4.78, 5) is 47.0. The highest BCUT2D eigenvalue weighted by Crippen LogP contribution is 2.14. The van der Waals surface area contributed by atoms with Gasteiger partial charge in [0.2, 0.25) is 5.91 Å². The zero-order valence-electron chi connectivity index (χ0n) is 21.3. The average Bonchev–Trinajstić information content (AvgIpc) is 2.90. The van der Waals surface area contributed by atoms with Crippen molar-refractivity contribution in [2.45, 2.75) is 89.0 Å². The van der Waals surface area contributed by atoms with Crippen LogP contribution in [-0.4, -0.2) is 56.7 Å². The molecule has 10 heteroatoms. The fraction of sp³-hybridized carbons (Fsp3) is 0.519. The van der Waals surface area contributed by atoms with Crippen LogP contribution >= 0.6 is 0 Å². The number of hydrogen-bond donors (Lipinski definition) is 4. The molecule has 37 heavy (non-hydrogen) atoms. The van der Waals surface area contributed by atoms with Gasteiger partial charge in [-0.2, -0.15) is 0 Å². The molecule has 0 unspecified atom stereocenters. The Morgan fingerprint density at radius 2 is 1.57 bits per heavy atom. The molecule has 198 valence electrons. The van der Waals surface area contributed by atoms with Crippen molar-refractivity contribution in [3.8, 4) is 0 Å². The molecule has 2 atom stereocenters. The van der Waals surface area contributed by atoms with Crippen molar-refractivity contribution in [3.05, 3.63) is 59.7 Å². The molecule has 0 aliphatic carbocycles. The van der Waals surface area contributed by atoms with E-state index in [1.165, 1.54) is 12.4 Å². The van der Waals surface area contributed by atoms with E-state index in [9.17, 15) is 24.4 Å². The minimum Gasteiger partial charge on any atom is -0.426 e. The molecule has 0 fully saturated rings. The van der Waals surface area contributed by atoms with Gasteiger partial charge in [-0.1, -0.05) is 81.7 Å². The number of nitrogens with zero attached hydrogens (tertiary/aromatic N) is 2. The highest BCUT2D eigenvalue weighted by Gasteiger charge is 2.30. The summed E-state index contributed by atoms with van der Waals surface area (Å²) in [5.41, 5.74) is 0.945. The Labute approximate surface area is 218 Å². The number of Topliss-reactive ketones (excluding diaryl/α,β-unsaturated/α-hetero) is 1. The highest BCUT2D eigenvalue weighted by atomic mass is 16.4. The third kappa shape index (κ3) is 9.70. The number of hydrogen-bond acceptors (Lipinski definition) is 7. The lowest BCUT2D eigenvalue weighted by Crippen LogP contribution is -2.54. The van der Waals surface area contributed by atoms with Crippen molar-refractivity contribution in [3.63, 3.8) is 0 Å². The van der Waals surface area contributed by atoms with E-state index in [1.54, 1.807) is 0 Å². The van der Waals surface area contributed by atoms with Crippen LogP contribution in [0.25, 0.3) is 0 Å². The van der Waals surface area contributed by atoms with Crippen LogP contribution in [0.4, 0.5) is 0 Å². The molecular formula is C27H37BN4O5. The molecule has 4 N–H and O–H groups in total. The number of amides is 2. The van der Waals surface area contributed by atoms with E-state index in [4.69, 9.17) is 0 Å². The minimum absolute atomic E-state index is 0.0344. The maximum atomic E-state index is 13.2. The van der Waals surface area contributed by atoms with E-state index in [0.717, 1.165) is 63.4 Å². The van der Waals surface area contributed by atoms with Gasteiger partial charge in [-0.05, 0) is 24.8 Å². The SMILES string of the molecule is O=C1CCCCCCCCCCC[C@@H](C(=O)N[C@@H](Cc2ccccc2)B(O)O)NC(=O)c2cncc1n2. The van der Waals surface area contributed by atoms with E-state index in [2.05, 4.69) is 20.6 Å². The summed E-state index contributed by atoms with van der Waals surface area (Å²) in [5, 5.41) is 25.2. The Morgan fingerprint density at radius 1 is 0.946 bits per heavy atom. The molecule has 2 amide bonds. The Kier molecular flexibility index (Phi) is 11.7. The quantitative estimate of drug-likeness (QED) is 0.455. The van der Waals surface area contributed by atoms with Gasteiger partial charge in [-0.15, -0.1) is 0 Å². The second-order valence-corrected chi connectivity index (χ2v) is 9.68. The van der Waals surface area contributed by atoms with Gasteiger partial charge in [0.1, 0.15) is 17.4 Å². The largest absolute Gasteiger partial charge is 0.475 e. The number of rotatable bonds is 5. The number of benzene rings is 1. The van der Waals surface area contributed by atoms with E-state index >= 15 is 0 Å². The van der Waals surface area contributed by atoms with Crippen LogP contribution in [-0.2, 0) is 11.2 Å². The van der Waals surface area contributed by atoms with E-state index < -0.39 is 30.9 Å². The zero-order chi connectivity index (χ0) is 26.5. The maximum Gasteiger partial charge on any atom is 0.475 e. The molecule has 1 aliphatic heterocycles. The van der Waals surface area contributed by atoms with E-state index in [-0.39, 0.29) is 23.6 Å². The standard InChI is InChI=1S/C27H37BN4O5/c33-24-16-12-7-5-3-1-2-4-6-11-15-21(31-27(35)23-19-29-18-22(24)30-23)26(34)32-25(28(36)37)17-20-13-9-8-10-14-20/h8-10,13-14,18-19,21,25,36-37H,1-7,11-12,15-17H2,(H,31,35)(H,32,34)/t21-,25-/m0/s1. The fourth-order valence-corrected chi connectivity index (χ4v) is 4.49. The first kappa shape index (κ1) is 28.5. The van der Waals surface area contributed by atoms with Crippen LogP contribution < -0.4 is 10.6 Å². The minimum atomic E-state index is -1.77. The summed E-state index contributed by atoms with van der Waals surface area (Å²) in [6, 6.07) is 8.31. The highest BCUT2D eigenvalue weighted by molar-refractivity contribution is 6.43. The molecule has 0 saturated heterocycles. The first-order valence-corrected chi connectivity index (χ1v) is 13.3. The van der Waals surface area contributed by atoms with Gasteiger partial charge >= 0.3 is 7.12 Å². The second-order valence-electron chi connectivity index (χ2n) is 9.68. The van der Waals surface area contributed by atoms with Crippen molar-refractivity contribution < 1.29 is 24.4 Å². The first-order valence-electron chi connectivity index (χ1n) is 13.3. The third-order valence-corrected chi connectivity index (χ3v) is 6.66. The lowest BCUT2D eigenvalue weighted by atomic mass is 9.75. The van der Waals surface area contributed by atoms with Crippen molar-refractivity contribution >= 4 is 24.7 Å². The van der Waals surface area contributed by atoms with Crippen LogP contribution in [0.1, 0.15) is 97.2 Å². The number of carbonyl (C=O) groups is 3. The molecule has 0 saturated carbocycles. The average molecular weight is 508 g/mol. The van der Waals surface area contributed by atoms with Crippen molar-refractivity contribution in [1.82, 2.24) is 20.6 Å². The van der Waals surface area contributed by atoms with E-state index in [0.29, 0.717) is 12.8 Å². The van der Waals surface area contributed by atoms with Gasteiger partial charge in [0.05, 0.1) is 18.3 Å².